The van der Waals surface area contributed by atoms with Gasteiger partial charge in [0.1, 0.15) is 5.82 Å². The van der Waals surface area contributed by atoms with Crippen LogP contribution in [0.1, 0.15) is 12.5 Å². The highest BCUT2D eigenvalue weighted by Gasteiger charge is 2.18. The molecular formula is C21H19FN2O2S2. The van der Waals surface area contributed by atoms with Gasteiger partial charge in [-0.15, -0.1) is 11.3 Å². The van der Waals surface area contributed by atoms with Gasteiger partial charge in [0.05, 0.1) is 17.5 Å². The van der Waals surface area contributed by atoms with E-state index in [0.29, 0.717) is 6.42 Å². The number of Topliss-reactive ketones (excluding diaryl/α,β-unsaturated/α-hetero) is 1. The third-order valence-electron chi connectivity index (χ3n) is 4.06. The molecule has 28 heavy (non-hydrogen) atoms. The highest BCUT2D eigenvalue weighted by atomic mass is 32.2. The van der Waals surface area contributed by atoms with Crippen molar-refractivity contribution in [1.82, 2.24) is 10.3 Å². The fourth-order valence-electron chi connectivity index (χ4n) is 2.59. The molecule has 1 heterocycles. The van der Waals surface area contributed by atoms with Crippen molar-refractivity contribution in [3.8, 4) is 11.3 Å². The second-order valence-corrected chi connectivity index (χ2v) is 8.30. The molecule has 4 nitrogen and oxygen atoms in total. The molecule has 0 spiro atoms. The number of hydrogen-bond acceptors (Lipinski definition) is 5. The van der Waals surface area contributed by atoms with Gasteiger partial charge in [0.25, 0.3) is 0 Å². The van der Waals surface area contributed by atoms with Crippen molar-refractivity contribution in [3.05, 3.63) is 71.4 Å². The highest BCUT2D eigenvalue weighted by Crippen LogP contribution is 2.28. The molecule has 0 aliphatic heterocycles. The van der Waals surface area contributed by atoms with E-state index in [1.165, 1.54) is 42.2 Å². The number of benzene rings is 2. The van der Waals surface area contributed by atoms with Crippen LogP contribution in [-0.4, -0.2) is 28.5 Å². The van der Waals surface area contributed by atoms with E-state index in [2.05, 4.69) is 10.3 Å². The van der Waals surface area contributed by atoms with Crippen molar-refractivity contribution in [2.24, 2.45) is 0 Å². The largest absolute Gasteiger partial charge is 0.345 e. The number of nitrogens with zero attached hydrogens (tertiary/aromatic N) is 1. The van der Waals surface area contributed by atoms with Crippen LogP contribution in [0.25, 0.3) is 11.3 Å². The summed E-state index contributed by atoms with van der Waals surface area (Å²) in [6.07, 6.45) is 0.471. The Balaban J connectivity index is 1.54. The van der Waals surface area contributed by atoms with Crippen LogP contribution in [0.4, 0.5) is 4.39 Å². The second kappa shape index (κ2) is 9.61. The van der Waals surface area contributed by atoms with Crippen molar-refractivity contribution in [3.63, 3.8) is 0 Å². The van der Waals surface area contributed by atoms with Gasteiger partial charge in [-0.25, -0.2) is 9.37 Å². The summed E-state index contributed by atoms with van der Waals surface area (Å²) in [6, 6.07) is 15.2. The number of amides is 1. The summed E-state index contributed by atoms with van der Waals surface area (Å²) in [7, 11) is 0. The Morgan fingerprint density at radius 3 is 2.54 bits per heavy atom. The van der Waals surface area contributed by atoms with Crippen molar-refractivity contribution < 1.29 is 14.0 Å². The lowest BCUT2D eigenvalue weighted by atomic mass is 10.0. The lowest BCUT2D eigenvalue weighted by Crippen LogP contribution is -2.42. The Kier molecular flexibility index (Phi) is 6.95. The van der Waals surface area contributed by atoms with Crippen molar-refractivity contribution >= 4 is 34.8 Å². The van der Waals surface area contributed by atoms with E-state index < -0.39 is 6.04 Å². The van der Waals surface area contributed by atoms with Gasteiger partial charge in [-0.1, -0.05) is 42.1 Å². The number of carbonyl (C=O) groups is 2. The summed E-state index contributed by atoms with van der Waals surface area (Å²) in [5.41, 5.74) is 2.58. The first-order chi connectivity index (χ1) is 13.5. The minimum absolute atomic E-state index is 0.0740. The zero-order chi connectivity index (χ0) is 19.9. The fraction of sp³-hybridized carbons (Fsp3) is 0.190. The molecule has 0 radical (unpaired) electrons. The number of ketones is 1. The Labute approximate surface area is 171 Å². The Hall–Kier alpha value is -2.51. The molecule has 3 aromatic rings. The number of rotatable bonds is 8. The summed E-state index contributed by atoms with van der Waals surface area (Å²) in [5, 5.41) is 4.68. The van der Waals surface area contributed by atoms with Gasteiger partial charge in [0.2, 0.25) is 5.91 Å². The van der Waals surface area contributed by atoms with E-state index in [1.54, 1.807) is 12.1 Å². The molecule has 0 bridgehead atoms. The van der Waals surface area contributed by atoms with Crippen LogP contribution in [-0.2, 0) is 16.0 Å². The van der Waals surface area contributed by atoms with Crippen LogP contribution in [0.2, 0.25) is 0 Å². The standard InChI is InChI=1S/C21H19FN2O2S2/c1-14(25)18(11-15-5-3-2-4-6-15)23-20(26)13-28-21-24-19(12-27-21)16-7-9-17(22)10-8-16/h2-10,12,18H,11,13H2,1H3,(H,23,26)/t18-/m1/s1. The van der Waals surface area contributed by atoms with Crippen LogP contribution in [0.3, 0.4) is 0 Å². The molecule has 2 aromatic carbocycles. The monoisotopic (exact) mass is 414 g/mol. The molecule has 7 heteroatoms. The molecule has 0 unspecified atom stereocenters. The molecule has 0 saturated carbocycles. The molecular weight excluding hydrogens is 395 g/mol. The summed E-state index contributed by atoms with van der Waals surface area (Å²) in [5.74, 6) is -0.398. The fourth-order valence-corrected chi connectivity index (χ4v) is 4.23. The van der Waals surface area contributed by atoms with Crippen LogP contribution in [0.15, 0.2) is 64.3 Å². The zero-order valence-electron chi connectivity index (χ0n) is 15.2. The number of hydrogen-bond donors (Lipinski definition) is 1. The van der Waals surface area contributed by atoms with Gasteiger partial charge in [-0.3, -0.25) is 9.59 Å². The molecule has 144 valence electrons. The number of thioether (sulfide) groups is 1. The molecule has 0 aliphatic rings. The zero-order valence-corrected chi connectivity index (χ0v) is 16.9. The van der Waals surface area contributed by atoms with Crippen LogP contribution >= 0.6 is 23.1 Å². The number of nitrogens with one attached hydrogen (secondary N) is 1. The van der Waals surface area contributed by atoms with Crippen molar-refractivity contribution in [2.75, 3.05) is 5.75 Å². The Bertz CT molecular complexity index is 943. The van der Waals surface area contributed by atoms with Gasteiger partial charge >= 0.3 is 0 Å². The molecule has 1 N–H and O–H groups in total. The third-order valence-corrected chi connectivity index (χ3v) is 6.08. The smallest absolute Gasteiger partial charge is 0.231 e. The third kappa shape index (κ3) is 5.74. The molecule has 1 atom stereocenters. The maximum atomic E-state index is 13.0. The van der Waals surface area contributed by atoms with Gasteiger partial charge in [-0.2, -0.15) is 0 Å². The minimum Gasteiger partial charge on any atom is -0.345 e. The van der Waals surface area contributed by atoms with Crippen LogP contribution in [0.5, 0.6) is 0 Å². The van der Waals surface area contributed by atoms with Crippen molar-refractivity contribution in [2.45, 2.75) is 23.7 Å². The van der Waals surface area contributed by atoms with Crippen LogP contribution < -0.4 is 5.32 Å². The van der Waals surface area contributed by atoms with E-state index in [-0.39, 0.29) is 23.3 Å². The van der Waals surface area contributed by atoms with Gasteiger partial charge in [0.15, 0.2) is 10.1 Å². The van der Waals surface area contributed by atoms with Gasteiger partial charge < -0.3 is 5.32 Å². The topological polar surface area (TPSA) is 59.1 Å². The summed E-state index contributed by atoms with van der Waals surface area (Å²) in [6.45, 7) is 1.48. The second-order valence-electron chi connectivity index (χ2n) is 6.21. The quantitative estimate of drug-likeness (QED) is 0.557. The molecule has 0 aliphatic carbocycles. The van der Waals surface area contributed by atoms with Crippen molar-refractivity contribution in [1.29, 1.82) is 0 Å². The average molecular weight is 415 g/mol. The Morgan fingerprint density at radius 1 is 1.14 bits per heavy atom. The molecule has 0 saturated heterocycles. The molecule has 1 aromatic heterocycles. The van der Waals surface area contributed by atoms with Gasteiger partial charge in [0, 0.05) is 10.9 Å². The first kappa shape index (κ1) is 20.2. The number of aromatic nitrogens is 1. The number of halogens is 1. The lowest BCUT2D eigenvalue weighted by molar-refractivity contribution is -0.125. The Morgan fingerprint density at radius 2 is 1.86 bits per heavy atom. The number of carbonyl (C=O) groups excluding carboxylic acids is 2. The maximum absolute atomic E-state index is 13.0. The molecule has 1 amide bonds. The summed E-state index contributed by atoms with van der Waals surface area (Å²) >= 11 is 2.75. The normalized spacial score (nSPS) is 11.8. The molecule has 0 fully saturated rings. The number of thiazole rings is 1. The van der Waals surface area contributed by atoms with E-state index in [0.717, 1.165) is 21.2 Å². The predicted molar refractivity (Wildman–Crippen MR) is 111 cm³/mol. The lowest BCUT2D eigenvalue weighted by Gasteiger charge is -2.15. The SMILES string of the molecule is CC(=O)[C@@H](Cc1ccccc1)NC(=O)CSc1nc(-c2ccc(F)cc2)cs1. The highest BCUT2D eigenvalue weighted by molar-refractivity contribution is 8.01. The van der Waals surface area contributed by atoms with E-state index >= 15 is 0 Å². The molecule has 3 rings (SSSR count). The van der Waals surface area contributed by atoms with Gasteiger partial charge in [-0.05, 0) is 43.2 Å². The van der Waals surface area contributed by atoms with E-state index in [9.17, 15) is 14.0 Å². The van der Waals surface area contributed by atoms with E-state index in [1.807, 2.05) is 35.7 Å². The predicted octanol–water partition coefficient (Wildman–Crippen LogP) is 4.36. The average Bonchev–Trinajstić information content (AvgIpc) is 3.16. The maximum Gasteiger partial charge on any atom is 0.231 e. The van der Waals surface area contributed by atoms with Crippen LogP contribution in [0, 0.1) is 5.82 Å². The van der Waals surface area contributed by atoms with E-state index in [4.69, 9.17) is 0 Å². The first-order valence-corrected chi connectivity index (χ1v) is 10.6. The summed E-state index contributed by atoms with van der Waals surface area (Å²) in [4.78, 5) is 28.6. The minimum atomic E-state index is -0.540. The first-order valence-electron chi connectivity index (χ1n) is 8.69. The summed E-state index contributed by atoms with van der Waals surface area (Å²) < 4.78 is 13.8.